The van der Waals surface area contributed by atoms with Gasteiger partial charge in [0.05, 0.1) is 6.04 Å². The topological polar surface area (TPSA) is 78.4 Å². The normalized spacial score (nSPS) is 12.0. The first-order valence-electron chi connectivity index (χ1n) is 7.39. The number of benzene rings is 1. The molecule has 0 heterocycles. The molecule has 22 heavy (non-hydrogen) atoms. The van der Waals surface area contributed by atoms with Gasteiger partial charge in [-0.15, -0.1) is 0 Å². The molecular formula is C16H23BrN2O3. The van der Waals surface area contributed by atoms with Crippen molar-refractivity contribution in [1.29, 1.82) is 0 Å². The first kappa shape index (κ1) is 18.6. The summed E-state index contributed by atoms with van der Waals surface area (Å²) in [5, 5.41) is 14.3. The molecule has 122 valence electrons. The van der Waals surface area contributed by atoms with Crippen molar-refractivity contribution >= 4 is 33.4 Å². The van der Waals surface area contributed by atoms with Crippen molar-refractivity contribution in [3.63, 3.8) is 0 Å². The molecule has 0 radical (unpaired) electrons. The van der Waals surface area contributed by atoms with Crippen LogP contribution in [0.1, 0.15) is 33.1 Å². The summed E-state index contributed by atoms with van der Waals surface area (Å²) in [7, 11) is 0. The molecule has 0 aliphatic rings. The highest BCUT2D eigenvalue weighted by atomic mass is 79.9. The van der Waals surface area contributed by atoms with Gasteiger partial charge < -0.3 is 15.7 Å². The summed E-state index contributed by atoms with van der Waals surface area (Å²) < 4.78 is 0.926. The third-order valence-corrected chi connectivity index (χ3v) is 3.61. The van der Waals surface area contributed by atoms with Gasteiger partial charge in [-0.2, -0.15) is 0 Å². The number of anilines is 1. The maximum Gasteiger partial charge on any atom is 0.319 e. The van der Waals surface area contributed by atoms with Crippen LogP contribution in [0.5, 0.6) is 0 Å². The van der Waals surface area contributed by atoms with E-state index in [1.165, 1.54) is 0 Å². The molecule has 0 fully saturated rings. The monoisotopic (exact) mass is 370 g/mol. The predicted molar refractivity (Wildman–Crippen MR) is 90.9 cm³/mol. The molecule has 2 amide bonds. The molecule has 0 unspecified atom stereocenters. The molecule has 0 aliphatic heterocycles. The third kappa shape index (κ3) is 7.04. The molecule has 1 aromatic rings. The molecule has 0 aromatic heterocycles. The van der Waals surface area contributed by atoms with E-state index in [4.69, 9.17) is 5.11 Å². The van der Waals surface area contributed by atoms with E-state index in [1.54, 1.807) is 12.1 Å². The van der Waals surface area contributed by atoms with Crippen molar-refractivity contribution in [2.24, 2.45) is 5.92 Å². The molecule has 0 spiro atoms. The van der Waals surface area contributed by atoms with Gasteiger partial charge in [-0.1, -0.05) is 29.8 Å². The molecule has 1 rings (SSSR count). The van der Waals surface area contributed by atoms with E-state index in [0.29, 0.717) is 18.5 Å². The largest absolute Gasteiger partial charge is 0.396 e. The van der Waals surface area contributed by atoms with Gasteiger partial charge >= 0.3 is 6.03 Å². The molecule has 0 aliphatic carbocycles. The maximum atomic E-state index is 12.1. The highest BCUT2D eigenvalue weighted by Gasteiger charge is 2.21. The molecular weight excluding hydrogens is 348 g/mol. The van der Waals surface area contributed by atoms with Crippen molar-refractivity contribution in [3.8, 4) is 0 Å². The standard InChI is InChI=1S/C16H23BrN2O3/c1-11(2)10-14(15(21)4-3-9-20)19-16(22)18-13-7-5-12(17)6-8-13/h5-8,11,14,20H,3-4,9-10H2,1-2H3,(H2,18,19,22)/t14-/m0/s1. The molecule has 5 nitrogen and oxygen atoms in total. The van der Waals surface area contributed by atoms with Crippen LogP contribution in [0.2, 0.25) is 0 Å². The quantitative estimate of drug-likeness (QED) is 0.656. The molecule has 3 N–H and O–H groups in total. The number of hydrogen-bond donors (Lipinski definition) is 3. The van der Waals surface area contributed by atoms with Crippen LogP contribution < -0.4 is 10.6 Å². The van der Waals surface area contributed by atoms with Crippen LogP contribution in [-0.2, 0) is 4.79 Å². The Labute approximate surface area is 139 Å². The van der Waals surface area contributed by atoms with Gasteiger partial charge in [-0.25, -0.2) is 4.79 Å². The number of hydrogen-bond acceptors (Lipinski definition) is 3. The first-order chi connectivity index (χ1) is 10.4. The first-order valence-corrected chi connectivity index (χ1v) is 8.18. The van der Waals surface area contributed by atoms with Crippen molar-refractivity contribution in [1.82, 2.24) is 5.32 Å². The minimum absolute atomic E-state index is 0.0226. The molecule has 0 saturated heterocycles. The summed E-state index contributed by atoms with van der Waals surface area (Å²) in [5.74, 6) is 0.241. The zero-order valence-electron chi connectivity index (χ0n) is 12.9. The summed E-state index contributed by atoms with van der Waals surface area (Å²) in [5.41, 5.74) is 0.659. The van der Waals surface area contributed by atoms with Crippen molar-refractivity contribution in [2.45, 2.75) is 39.2 Å². The van der Waals surface area contributed by atoms with Gasteiger partial charge in [0.15, 0.2) is 5.78 Å². The van der Waals surface area contributed by atoms with Crippen molar-refractivity contribution in [2.75, 3.05) is 11.9 Å². The summed E-state index contributed by atoms with van der Waals surface area (Å²) in [4.78, 5) is 24.1. The third-order valence-electron chi connectivity index (χ3n) is 3.08. The molecule has 1 aromatic carbocycles. The summed E-state index contributed by atoms with van der Waals surface area (Å²) in [6, 6.07) is 6.28. The van der Waals surface area contributed by atoms with E-state index in [9.17, 15) is 9.59 Å². The average molecular weight is 371 g/mol. The number of aliphatic hydroxyl groups is 1. The lowest BCUT2D eigenvalue weighted by atomic mass is 9.98. The minimum atomic E-state index is -0.526. The van der Waals surface area contributed by atoms with E-state index in [2.05, 4.69) is 26.6 Å². The average Bonchev–Trinajstić information content (AvgIpc) is 2.46. The van der Waals surface area contributed by atoms with Crippen LogP contribution >= 0.6 is 15.9 Å². The van der Waals surface area contributed by atoms with E-state index < -0.39 is 12.1 Å². The van der Waals surface area contributed by atoms with Crippen LogP contribution in [0.4, 0.5) is 10.5 Å². The Kier molecular flexibility index (Phi) is 8.12. The number of halogens is 1. The number of urea groups is 1. The Morgan fingerprint density at radius 1 is 1.23 bits per heavy atom. The van der Waals surface area contributed by atoms with E-state index in [1.807, 2.05) is 26.0 Å². The summed E-state index contributed by atoms with van der Waals surface area (Å²) in [6.45, 7) is 3.98. The van der Waals surface area contributed by atoms with Crippen LogP contribution in [0.15, 0.2) is 28.7 Å². The highest BCUT2D eigenvalue weighted by molar-refractivity contribution is 9.10. The van der Waals surface area contributed by atoms with Gasteiger partial charge in [-0.05, 0) is 43.0 Å². The highest BCUT2D eigenvalue weighted by Crippen LogP contribution is 2.14. The second-order valence-electron chi connectivity index (χ2n) is 5.58. The number of rotatable bonds is 8. The van der Waals surface area contributed by atoms with Crippen molar-refractivity contribution in [3.05, 3.63) is 28.7 Å². The SMILES string of the molecule is CC(C)C[C@H](NC(=O)Nc1ccc(Br)cc1)C(=O)CCCO. The Hall–Kier alpha value is -1.40. The van der Waals surface area contributed by atoms with Crippen LogP contribution in [0, 0.1) is 5.92 Å². The van der Waals surface area contributed by atoms with Gasteiger partial charge in [-0.3, -0.25) is 4.79 Å². The van der Waals surface area contributed by atoms with Gasteiger partial charge in [0, 0.05) is 23.2 Å². The Bertz CT molecular complexity index is 489. The number of carbonyl (C=O) groups excluding carboxylic acids is 2. The fourth-order valence-corrected chi connectivity index (χ4v) is 2.29. The van der Waals surface area contributed by atoms with Crippen LogP contribution in [0.3, 0.4) is 0 Å². The molecule has 6 heteroatoms. The van der Waals surface area contributed by atoms with Gasteiger partial charge in [0.2, 0.25) is 0 Å². The van der Waals surface area contributed by atoms with E-state index in [0.717, 1.165) is 4.47 Å². The lowest BCUT2D eigenvalue weighted by Crippen LogP contribution is -2.43. The second-order valence-corrected chi connectivity index (χ2v) is 6.50. The predicted octanol–water partition coefficient (Wildman–Crippen LogP) is 3.33. The summed E-state index contributed by atoms with van der Waals surface area (Å²) in [6.07, 6.45) is 1.27. The minimum Gasteiger partial charge on any atom is -0.396 e. The van der Waals surface area contributed by atoms with Gasteiger partial charge in [0.25, 0.3) is 0 Å². The Morgan fingerprint density at radius 2 is 1.86 bits per heavy atom. The lowest BCUT2D eigenvalue weighted by molar-refractivity contribution is -0.121. The molecule has 1 atom stereocenters. The maximum absolute atomic E-state index is 12.1. The number of aliphatic hydroxyl groups excluding tert-OH is 1. The Balaban J connectivity index is 2.61. The fraction of sp³-hybridized carbons (Fsp3) is 0.500. The number of amides is 2. The zero-order chi connectivity index (χ0) is 16.5. The molecule has 0 bridgehead atoms. The number of nitrogens with one attached hydrogen (secondary N) is 2. The number of Topliss-reactive ketones (excluding diaryl/α,β-unsaturated/α-hetero) is 1. The Morgan fingerprint density at radius 3 is 2.41 bits per heavy atom. The lowest BCUT2D eigenvalue weighted by Gasteiger charge is -2.20. The second kappa shape index (κ2) is 9.58. The number of carbonyl (C=O) groups is 2. The van der Waals surface area contributed by atoms with Crippen LogP contribution in [-0.4, -0.2) is 29.6 Å². The fourth-order valence-electron chi connectivity index (χ4n) is 2.03. The number of ketones is 1. The van der Waals surface area contributed by atoms with Crippen molar-refractivity contribution < 1.29 is 14.7 Å². The van der Waals surface area contributed by atoms with E-state index in [-0.39, 0.29) is 24.7 Å². The van der Waals surface area contributed by atoms with E-state index >= 15 is 0 Å². The van der Waals surface area contributed by atoms with Gasteiger partial charge in [0.1, 0.15) is 0 Å². The van der Waals surface area contributed by atoms with Crippen LogP contribution in [0.25, 0.3) is 0 Å². The molecule has 0 saturated carbocycles. The zero-order valence-corrected chi connectivity index (χ0v) is 14.5. The summed E-state index contributed by atoms with van der Waals surface area (Å²) >= 11 is 3.33. The smallest absolute Gasteiger partial charge is 0.319 e.